The number of hydrogen-bond acceptors (Lipinski definition) is 5. The van der Waals surface area contributed by atoms with E-state index in [4.69, 9.17) is 9.47 Å². The number of carbonyl (C=O) groups is 1. The fraction of sp³-hybridized carbons (Fsp3) is 0.409. The normalized spacial score (nSPS) is 19.8. The van der Waals surface area contributed by atoms with Crippen molar-refractivity contribution in [2.75, 3.05) is 57.7 Å². The van der Waals surface area contributed by atoms with Crippen LogP contribution in [0.5, 0.6) is 11.5 Å². The average molecular weight is 381 g/mol. The zero-order valence-electron chi connectivity index (χ0n) is 16.7. The van der Waals surface area contributed by atoms with E-state index in [0.717, 1.165) is 48.7 Å². The van der Waals surface area contributed by atoms with Gasteiger partial charge in [-0.1, -0.05) is 12.1 Å². The van der Waals surface area contributed by atoms with E-state index < -0.39 is 0 Å². The molecule has 148 valence electrons. The van der Waals surface area contributed by atoms with Gasteiger partial charge in [-0.2, -0.15) is 0 Å². The van der Waals surface area contributed by atoms with Crippen molar-refractivity contribution >= 4 is 17.3 Å². The minimum atomic E-state index is -0.0360. The van der Waals surface area contributed by atoms with Gasteiger partial charge in [0, 0.05) is 61.9 Å². The molecule has 1 saturated heterocycles. The molecule has 28 heavy (non-hydrogen) atoms. The molecule has 6 nitrogen and oxygen atoms in total. The maximum absolute atomic E-state index is 12.3. The first-order chi connectivity index (χ1) is 13.6. The Bertz CT molecular complexity index is 858. The SMILES string of the molecule is COc1cc2c(c(OC)c1)C(c1ccc(N3CCN(C)CC3)cc1)CC(=O)N2. The van der Waals surface area contributed by atoms with Crippen molar-refractivity contribution < 1.29 is 14.3 Å². The predicted molar refractivity (Wildman–Crippen MR) is 111 cm³/mol. The predicted octanol–water partition coefficient (Wildman–Crippen LogP) is 2.93. The highest BCUT2D eigenvalue weighted by molar-refractivity contribution is 5.96. The van der Waals surface area contributed by atoms with Crippen molar-refractivity contribution in [3.05, 3.63) is 47.5 Å². The maximum atomic E-state index is 12.3. The lowest BCUT2D eigenvalue weighted by molar-refractivity contribution is -0.116. The second kappa shape index (κ2) is 7.72. The maximum Gasteiger partial charge on any atom is 0.225 e. The lowest BCUT2D eigenvalue weighted by atomic mass is 9.84. The zero-order chi connectivity index (χ0) is 19.7. The molecule has 0 aliphatic carbocycles. The number of rotatable bonds is 4. The summed E-state index contributed by atoms with van der Waals surface area (Å²) < 4.78 is 11.0. The van der Waals surface area contributed by atoms with Crippen LogP contribution in [-0.4, -0.2) is 58.3 Å². The molecule has 1 atom stereocenters. The fourth-order valence-electron chi connectivity index (χ4n) is 4.11. The van der Waals surface area contributed by atoms with E-state index >= 15 is 0 Å². The first kappa shape index (κ1) is 18.6. The van der Waals surface area contributed by atoms with Gasteiger partial charge < -0.3 is 24.6 Å². The number of fused-ring (bicyclic) bond motifs is 1. The molecule has 0 spiro atoms. The van der Waals surface area contributed by atoms with Crippen LogP contribution in [0.1, 0.15) is 23.5 Å². The Hall–Kier alpha value is -2.73. The Labute approximate surface area is 166 Å². The summed E-state index contributed by atoms with van der Waals surface area (Å²) in [6, 6.07) is 12.4. The van der Waals surface area contributed by atoms with Gasteiger partial charge in [0.25, 0.3) is 0 Å². The first-order valence-electron chi connectivity index (χ1n) is 9.68. The molecule has 4 rings (SSSR count). The van der Waals surface area contributed by atoms with E-state index in [0.29, 0.717) is 12.2 Å². The highest BCUT2D eigenvalue weighted by atomic mass is 16.5. The molecule has 0 saturated carbocycles. The molecule has 1 fully saturated rings. The topological polar surface area (TPSA) is 54.0 Å². The molecular formula is C22H27N3O3. The number of methoxy groups -OCH3 is 2. The number of ether oxygens (including phenoxy) is 2. The molecule has 0 aromatic heterocycles. The molecule has 0 radical (unpaired) electrons. The standard InChI is InChI=1S/C22H27N3O3/c1-24-8-10-25(11-9-24)16-6-4-15(5-7-16)18-14-21(26)23-19-12-17(27-2)13-20(28-3)22(18)19/h4-7,12-13,18H,8-11,14H2,1-3H3,(H,23,26). The number of nitrogens with zero attached hydrogens (tertiary/aromatic N) is 2. The Morgan fingerprint density at radius 2 is 1.71 bits per heavy atom. The van der Waals surface area contributed by atoms with Crippen molar-refractivity contribution in [3.8, 4) is 11.5 Å². The number of likely N-dealkylation sites (N-methyl/N-ethyl adjacent to an activating group) is 1. The highest BCUT2D eigenvalue weighted by Gasteiger charge is 2.30. The monoisotopic (exact) mass is 381 g/mol. The molecule has 1 N–H and O–H groups in total. The molecule has 1 unspecified atom stereocenters. The molecule has 2 aromatic rings. The van der Waals surface area contributed by atoms with Gasteiger partial charge in [-0.3, -0.25) is 4.79 Å². The number of benzene rings is 2. The fourth-order valence-corrected chi connectivity index (χ4v) is 4.11. The number of amides is 1. The Morgan fingerprint density at radius 3 is 2.36 bits per heavy atom. The lowest BCUT2D eigenvalue weighted by Gasteiger charge is -2.34. The minimum Gasteiger partial charge on any atom is -0.497 e. The third-order valence-electron chi connectivity index (χ3n) is 5.75. The van der Waals surface area contributed by atoms with Crippen molar-refractivity contribution in [2.24, 2.45) is 0 Å². The quantitative estimate of drug-likeness (QED) is 0.883. The number of piperazine rings is 1. The summed E-state index contributed by atoms with van der Waals surface area (Å²) in [5, 5.41) is 2.96. The Balaban J connectivity index is 1.65. The van der Waals surface area contributed by atoms with Crippen LogP contribution < -0.4 is 19.7 Å². The van der Waals surface area contributed by atoms with E-state index in [1.165, 1.54) is 5.69 Å². The van der Waals surface area contributed by atoms with E-state index in [1.807, 2.05) is 12.1 Å². The lowest BCUT2D eigenvalue weighted by Crippen LogP contribution is -2.44. The smallest absolute Gasteiger partial charge is 0.225 e. The molecule has 2 aromatic carbocycles. The molecule has 2 heterocycles. The Kier molecular flexibility index (Phi) is 5.13. The van der Waals surface area contributed by atoms with Crippen LogP contribution in [0, 0.1) is 0 Å². The first-order valence-corrected chi connectivity index (χ1v) is 9.68. The summed E-state index contributed by atoms with van der Waals surface area (Å²) in [5.41, 5.74) is 4.13. The van der Waals surface area contributed by atoms with Crippen LogP contribution in [0.3, 0.4) is 0 Å². The molecule has 2 aliphatic rings. The summed E-state index contributed by atoms with van der Waals surface area (Å²) in [6.07, 6.45) is 0.406. The third kappa shape index (κ3) is 3.52. The number of anilines is 2. The molecule has 6 heteroatoms. The summed E-state index contributed by atoms with van der Waals surface area (Å²) >= 11 is 0. The van der Waals surface area contributed by atoms with Gasteiger partial charge in [0.05, 0.1) is 19.9 Å². The van der Waals surface area contributed by atoms with Gasteiger partial charge in [0.2, 0.25) is 5.91 Å². The zero-order valence-corrected chi connectivity index (χ0v) is 16.7. The van der Waals surface area contributed by atoms with E-state index in [2.05, 4.69) is 46.4 Å². The van der Waals surface area contributed by atoms with Gasteiger partial charge in [0.1, 0.15) is 11.5 Å². The molecular weight excluding hydrogens is 354 g/mol. The number of nitrogens with one attached hydrogen (secondary N) is 1. The summed E-state index contributed by atoms with van der Waals surface area (Å²) in [7, 11) is 5.42. The van der Waals surface area contributed by atoms with Crippen LogP contribution in [-0.2, 0) is 4.79 Å². The van der Waals surface area contributed by atoms with Crippen LogP contribution in [0.4, 0.5) is 11.4 Å². The molecule has 0 bridgehead atoms. The largest absolute Gasteiger partial charge is 0.497 e. The second-order valence-electron chi connectivity index (χ2n) is 7.48. The molecule has 1 amide bonds. The second-order valence-corrected chi connectivity index (χ2v) is 7.48. The van der Waals surface area contributed by atoms with E-state index in [-0.39, 0.29) is 11.8 Å². The summed E-state index contributed by atoms with van der Waals surface area (Å²) in [5.74, 6) is 1.38. The number of hydrogen-bond donors (Lipinski definition) is 1. The summed E-state index contributed by atoms with van der Waals surface area (Å²) in [4.78, 5) is 17.1. The minimum absolute atomic E-state index is 0.0101. The van der Waals surface area contributed by atoms with Crippen molar-refractivity contribution in [1.82, 2.24) is 4.90 Å². The van der Waals surface area contributed by atoms with Crippen molar-refractivity contribution in [2.45, 2.75) is 12.3 Å². The van der Waals surface area contributed by atoms with Gasteiger partial charge in [-0.05, 0) is 24.7 Å². The third-order valence-corrected chi connectivity index (χ3v) is 5.75. The molecule has 2 aliphatic heterocycles. The van der Waals surface area contributed by atoms with Crippen molar-refractivity contribution in [3.63, 3.8) is 0 Å². The van der Waals surface area contributed by atoms with Crippen molar-refractivity contribution in [1.29, 1.82) is 0 Å². The summed E-state index contributed by atoms with van der Waals surface area (Å²) in [6.45, 7) is 4.24. The van der Waals surface area contributed by atoms with Gasteiger partial charge in [-0.15, -0.1) is 0 Å². The van der Waals surface area contributed by atoms with Gasteiger partial charge in [-0.25, -0.2) is 0 Å². The highest BCUT2D eigenvalue weighted by Crippen LogP contribution is 2.45. The van der Waals surface area contributed by atoms with Crippen LogP contribution in [0.2, 0.25) is 0 Å². The van der Waals surface area contributed by atoms with Gasteiger partial charge >= 0.3 is 0 Å². The van der Waals surface area contributed by atoms with E-state index in [9.17, 15) is 4.79 Å². The van der Waals surface area contributed by atoms with Gasteiger partial charge in [0.15, 0.2) is 0 Å². The van der Waals surface area contributed by atoms with Crippen LogP contribution in [0.15, 0.2) is 36.4 Å². The van der Waals surface area contributed by atoms with E-state index in [1.54, 1.807) is 14.2 Å². The number of carbonyl (C=O) groups excluding carboxylic acids is 1. The van der Waals surface area contributed by atoms with Crippen LogP contribution >= 0.6 is 0 Å². The Morgan fingerprint density at radius 1 is 1.00 bits per heavy atom. The van der Waals surface area contributed by atoms with Crippen LogP contribution in [0.25, 0.3) is 0 Å². The average Bonchev–Trinajstić information content (AvgIpc) is 2.72.